The first-order chi connectivity index (χ1) is 7.63. The predicted octanol–water partition coefficient (Wildman–Crippen LogP) is 2.08. The highest BCUT2D eigenvalue weighted by Gasteiger charge is 2.29. The molecule has 1 aliphatic heterocycles. The highest BCUT2D eigenvalue weighted by molar-refractivity contribution is 4.72. The third kappa shape index (κ3) is 3.44. The van der Waals surface area contributed by atoms with Crippen LogP contribution < -0.4 is 4.90 Å². The van der Waals surface area contributed by atoms with Crippen molar-refractivity contribution in [3.63, 3.8) is 0 Å². The van der Waals surface area contributed by atoms with E-state index in [9.17, 15) is 4.39 Å². The molecule has 0 radical (unpaired) electrons. The van der Waals surface area contributed by atoms with E-state index in [2.05, 4.69) is 13.8 Å². The fourth-order valence-electron chi connectivity index (χ4n) is 3.91. The molecule has 4 unspecified atom stereocenters. The summed E-state index contributed by atoms with van der Waals surface area (Å²) in [6.07, 6.45) is 4.93. The van der Waals surface area contributed by atoms with Crippen LogP contribution in [0.2, 0.25) is 0 Å². The summed E-state index contributed by atoms with van der Waals surface area (Å²) in [7, 11) is 0. The minimum Gasteiger partial charge on any atom is -0.334 e. The van der Waals surface area contributed by atoms with Crippen molar-refractivity contribution in [2.24, 2.45) is 17.8 Å². The summed E-state index contributed by atoms with van der Waals surface area (Å²) in [5.41, 5.74) is 0. The summed E-state index contributed by atoms with van der Waals surface area (Å²) in [5.74, 6) is 2.39. The van der Waals surface area contributed by atoms with Gasteiger partial charge in [-0.25, -0.2) is 4.39 Å². The standard InChI is InChI=1S/C14H26FN/c1-11-6-12(2)9-16(8-11)10-13-4-3-5-14(15)7-13/h11-14H,3-10H2,1-2H3/p+1. The molecule has 2 rings (SSSR count). The zero-order chi connectivity index (χ0) is 11.5. The lowest BCUT2D eigenvalue weighted by Crippen LogP contribution is -3.15. The molecule has 1 N–H and O–H groups in total. The van der Waals surface area contributed by atoms with Crippen molar-refractivity contribution in [2.45, 2.75) is 52.1 Å². The van der Waals surface area contributed by atoms with Gasteiger partial charge in [0.2, 0.25) is 0 Å². The van der Waals surface area contributed by atoms with Crippen molar-refractivity contribution in [3.8, 4) is 0 Å². The zero-order valence-electron chi connectivity index (χ0n) is 10.8. The highest BCUT2D eigenvalue weighted by Crippen LogP contribution is 2.25. The topological polar surface area (TPSA) is 4.44 Å². The molecule has 1 saturated heterocycles. The van der Waals surface area contributed by atoms with Gasteiger partial charge in [-0.2, -0.15) is 0 Å². The van der Waals surface area contributed by atoms with Crippen LogP contribution in [0.15, 0.2) is 0 Å². The van der Waals surface area contributed by atoms with E-state index in [1.54, 1.807) is 4.90 Å². The van der Waals surface area contributed by atoms with Crippen molar-refractivity contribution < 1.29 is 9.29 Å². The minimum atomic E-state index is -0.502. The van der Waals surface area contributed by atoms with Crippen molar-refractivity contribution in [3.05, 3.63) is 0 Å². The number of hydrogen-bond donors (Lipinski definition) is 1. The molecule has 1 saturated carbocycles. The fourth-order valence-corrected chi connectivity index (χ4v) is 3.91. The summed E-state index contributed by atoms with van der Waals surface area (Å²) < 4.78 is 13.3. The lowest BCUT2D eigenvalue weighted by Gasteiger charge is -2.35. The molecule has 0 aromatic heterocycles. The van der Waals surface area contributed by atoms with Crippen LogP contribution in [0.3, 0.4) is 0 Å². The molecule has 2 heteroatoms. The van der Waals surface area contributed by atoms with Crippen LogP contribution in [-0.4, -0.2) is 25.8 Å². The van der Waals surface area contributed by atoms with E-state index in [0.29, 0.717) is 5.92 Å². The van der Waals surface area contributed by atoms with E-state index in [4.69, 9.17) is 0 Å². The van der Waals surface area contributed by atoms with Crippen molar-refractivity contribution in [2.75, 3.05) is 19.6 Å². The summed E-state index contributed by atoms with van der Waals surface area (Å²) >= 11 is 0. The number of hydrogen-bond acceptors (Lipinski definition) is 0. The number of alkyl halides is 1. The van der Waals surface area contributed by atoms with E-state index in [1.807, 2.05) is 0 Å². The fraction of sp³-hybridized carbons (Fsp3) is 1.00. The molecule has 4 atom stereocenters. The quantitative estimate of drug-likeness (QED) is 0.738. The van der Waals surface area contributed by atoms with Crippen molar-refractivity contribution >= 4 is 0 Å². The average Bonchev–Trinajstić information content (AvgIpc) is 2.15. The van der Waals surface area contributed by atoms with Gasteiger partial charge in [0.1, 0.15) is 6.17 Å². The SMILES string of the molecule is CC1CC(C)C[NH+](CC2CCCC(F)C2)C1. The molecule has 1 nitrogen and oxygen atoms in total. The summed E-state index contributed by atoms with van der Waals surface area (Å²) in [6, 6.07) is 0. The van der Waals surface area contributed by atoms with E-state index in [1.165, 1.54) is 32.5 Å². The Bertz CT molecular complexity index is 209. The van der Waals surface area contributed by atoms with E-state index in [0.717, 1.165) is 31.1 Å². The van der Waals surface area contributed by atoms with Crippen LogP contribution in [0.5, 0.6) is 0 Å². The number of quaternary nitrogens is 1. The third-order valence-corrected chi connectivity index (χ3v) is 4.38. The molecule has 0 bridgehead atoms. The Balaban J connectivity index is 1.79. The van der Waals surface area contributed by atoms with Gasteiger partial charge in [0.15, 0.2) is 0 Å². The molecular formula is C14H27FN+. The van der Waals surface area contributed by atoms with E-state index >= 15 is 0 Å². The second-order valence-corrected chi connectivity index (χ2v) is 6.44. The maximum absolute atomic E-state index is 13.3. The molecule has 16 heavy (non-hydrogen) atoms. The molecule has 1 aliphatic carbocycles. The normalized spacial score (nSPS) is 45.6. The number of likely N-dealkylation sites (tertiary alicyclic amines) is 1. The predicted molar refractivity (Wildman–Crippen MR) is 65.4 cm³/mol. The van der Waals surface area contributed by atoms with Crippen LogP contribution in [0, 0.1) is 17.8 Å². The first-order valence-corrected chi connectivity index (χ1v) is 7.11. The minimum absolute atomic E-state index is 0.502. The smallest absolute Gasteiger partial charge is 0.101 e. The van der Waals surface area contributed by atoms with Gasteiger partial charge in [-0.15, -0.1) is 0 Å². The van der Waals surface area contributed by atoms with Crippen LogP contribution in [0.4, 0.5) is 4.39 Å². The number of piperidine rings is 1. The van der Waals surface area contributed by atoms with Gasteiger partial charge in [-0.1, -0.05) is 20.3 Å². The Labute approximate surface area is 99.4 Å². The Hall–Kier alpha value is -0.110. The van der Waals surface area contributed by atoms with Gasteiger partial charge in [0.25, 0.3) is 0 Å². The Morgan fingerprint density at radius 3 is 2.38 bits per heavy atom. The molecule has 0 amide bonds. The van der Waals surface area contributed by atoms with Crippen molar-refractivity contribution in [1.29, 1.82) is 0 Å². The van der Waals surface area contributed by atoms with Gasteiger partial charge in [0.05, 0.1) is 19.6 Å². The number of halogens is 1. The van der Waals surface area contributed by atoms with Gasteiger partial charge in [-0.3, -0.25) is 0 Å². The molecule has 0 aromatic rings. The Kier molecular flexibility index (Phi) is 4.23. The van der Waals surface area contributed by atoms with Crippen LogP contribution >= 0.6 is 0 Å². The molecule has 0 spiro atoms. The molecule has 2 aliphatic rings. The zero-order valence-corrected chi connectivity index (χ0v) is 10.8. The second kappa shape index (κ2) is 5.48. The van der Waals surface area contributed by atoms with Crippen LogP contribution in [0.1, 0.15) is 46.0 Å². The van der Waals surface area contributed by atoms with Gasteiger partial charge in [-0.05, 0) is 25.7 Å². The van der Waals surface area contributed by atoms with E-state index < -0.39 is 6.17 Å². The monoisotopic (exact) mass is 228 g/mol. The van der Waals surface area contributed by atoms with Crippen LogP contribution in [0.25, 0.3) is 0 Å². The molecule has 94 valence electrons. The van der Waals surface area contributed by atoms with Crippen molar-refractivity contribution in [1.82, 2.24) is 0 Å². The maximum atomic E-state index is 13.3. The Morgan fingerprint density at radius 1 is 1.06 bits per heavy atom. The average molecular weight is 228 g/mol. The molecule has 2 fully saturated rings. The van der Waals surface area contributed by atoms with Gasteiger partial charge in [0, 0.05) is 17.8 Å². The summed E-state index contributed by atoms with van der Waals surface area (Å²) in [5, 5.41) is 0. The first kappa shape index (κ1) is 12.3. The largest absolute Gasteiger partial charge is 0.334 e. The Morgan fingerprint density at radius 2 is 1.75 bits per heavy atom. The van der Waals surface area contributed by atoms with Gasteiger partial charge >= 0.3 is 0 Å². The summed E-state index contributed by atoms with van der Waals surface area (Å²) in [4.78, 5) is 1.74. The highest BCUT2D eigenvalue weighted by atomic mass is 19.1. The van der Waals surface area contributed by atoms with Gasteiger partial charge < -0.3 is 4.90 Å². The molecule has 1 heterocycles. The van der Waals surface area contributed by atoms with E-state index in [-0.39, 0.29) is 0 Å². The molecular weight excluding hydrogens is 201 g/mol. The summed E-state index contributed by atoms with van der Waals surface area (Å²) in [6.45, 7) is 8.60. The maximum Gasteiger partial charge on any atom is 0.101 e. The number of rotatable bonds is 2. The second-order valence-electron chi connectivity index (χ2n) is 6.44. The first-order valence-electron chi connectivity index (χ1n) is 7.11. The third-order valence-electron chi connectivity index (χ3n) is 4.38. The lowest BCUT2D eigenvalue weighted by atomic mass is 9.86. The molecule has 0 aromatic carbocycles. The lowest BCUT2D eigenvalue weighted by molar-refractivity contribution is -0.915. The number of nitrogens with one attached hydrogen (secondary N) is 1. The van der Waals surface area contributed by atoms with Crippen LogP contribution in [-0.2, 0) is 0 Å².